The number of piperidine rings is 1. The lowest BCUT2D eigenvalue weighted by molar-refractivity contribution is 0.0929. The maximum absolute atomic E-state index is 12.3. The number of H-pyrrole nitrogens is 1. The Morgan fingerprint density at radius 2 is 2.10 bits per heavy atom. The quantitative estimate of drug-likeness (QED) is 0.745. The maximum Gasteiger partial charge on any atom is 0.261 e. The molecule has 1 atom stereocenters. The van der Waals surface area contributed by atoms with Crippen LogP contribution in [0.1, 0.15) is 47.3 Å². The first kappa shape index (κ1) is 13.4. The lowest BCUT2D eigenvalue weighted by Gasteiger charge is -2.24. The van der Waals surface area contributed by atoms with Crippen molar-refractivity contribution in [3.8, 4) is 0 Å². The molecule has 0 unspecified atom stereocenters. The average molecular weight is 275 g/mol. The van der Waals surface area contributed by atoms with Crippen LogP contribution in [0.3, 0.4) is 0 Å². The second kappa shape index (κ2) is 5.79. The van der Waals surface area contributed by atoms with E-state index in [2.05, 4.69) is 15.6 Å². The Hall–Kier alpha value is -1.62. The maximum atomic E-state index is 12.3. The number of hydrogen-bond donors (Lipinski definition) is 3. The molecule has 108 valence electrons. The van der Waals surface area contributed by atoms with Crippen molar-refractivity contribution in [1.82, 2.24) is 15.6 Å². The van der Waals surface area contributed by atoms with Crippen LogP contribution in [0.15, 0.2) is 10.9 Å². The summed E-state index contributed by atoms with van der Waals surface area (Å²) in [5, 5.41) is 6.22. The minimum Gasteiger partial charge on any atom is -0.348 e. The number of aryl methyl sites for hydroxylation is 2. The zero-order valence-corrected chi connectivity index (χ0v) is 11.6. The number of nitrogens with one attached hydrogen (secondary N) is 3. The van der Waals surface area contributed by atoms with Crippen LogP contribution in [0, 0.1) is 0 Å². The summed E-state index contributed by atoms with van der Waals surface area (Å²) in [6, 6.07) is 1.92. The molecule has 2 heterocycles. The first-order valence-corrected chi connectivity index (χ1v) is 7.50. The summed E-state index contributed by atoms with van der Waals surface area (Å²) >= 11 is 0. The second-order valence-corrected chi connectivity index (χ2v) is 5.74. The number of amides is 1. The van der Waals surface area contributed by atoms with Gasteiger partial charge < -0.3 is 15.6 Å². The molecule has 0 bridgehead atoms. The fourth-order valence-corrected chi connectivity index (χ4v) is 3.08. The minimum atomic E-state index is -0.257. The van der Waals surface area contributed by atoms with Crippen molar-refractivity contribution in [3.05, 3.63) is 33.2 Å². The Balaban J connectivity index is 1.78. The highest BCUT2D eigenvalue weighted by Gasteiger charge is 2.20. The van der Waals surface area contributed by atoms with Crippen LogP contribution in [-0.4, -0.2) is 30.0 Å². The van der Waals surface area contributed by atoms with Gasteiger partial charge in [0.2, 0.25) is 0 Å². The number of carbonyl (C=O) groups excluding carboxylic acids is 1. The highest BCUT2D eigenvalue weighted by atomic mass is 16.2. The van der Waals surface area contributed by atoms with Gasteiger partial charge in [-0.15, -0.1) is 0 Å². The van der Waals surface area contributed by atoms with Gasteiger partial charge in [0.25, 0.3) is 11.5 Å². The van der Waals surface area contributed by atoms with Gasteiger partial charge in [0, 0.05) is 18.3 Å². The number of hydrogen-bond acceptors (Lipinski definition) is 3. The van der Waals surface area contributed by atoms with Gasteiger partial charge in [0.05, 0.1) is 0 Å². The fourth-order valence-electron chi connectivity index (χ4n) is 3.08. The number of pyridine rings is 1. The molecule has 20 heavy (non-hydrogen) atoms. The van der Waals surface area contributed by atoms with E-state index in [1.54, 1.807) is 6.07 Å². The van der Waals surface area contributed by atoms with E-state index in [-0.39, 0.29) is 23.1 Å². The predicted octanol–water partition coefficient (Wildman–Crippen LogP) is 0.735. The molecule has 2 aliphatic rings. The standard InChI is InChI=1S/C15H21N3O2/c19-14(17-11-5-3-7-16-9-11)12-8-10-4-1-2-6-13(10)18-15(12)20/h8,11,16H,1-7,9H2,(H,17,19)(H,18,20)/t11-/m0/s1. The number of carbonyl (C=O) groups is 1. The van der Waals surface area contributed by atoms with E-state index in [0.717, 1.165) is 62.9 Å². The Kier molecular flexibility index (Phi) is 3.87. The van der Waals surface area contributed by atoms with Gasteiger partial charge in [-0.3, -0.25) is 9.59 Å². The lowest BCUT2D eigenvalue weighted by Crippen LogP contribution is -2.46. The Morgan fingerprint density at radius 3 is 2.90 bits per heavy atom. The molecule has 1 aromatic heterocycles. The fraction of sp³-hybridized carbons (Fsp3) is 0.600. The van der Waals surface area contributed by atoms with Crippen molar-refractivity contribution in [2.24, 2.45) is 0 Å². The number of aromatic nitrogens is 1. The van der Waals surface area contributed by atoms with Crippen molar-refractivity contribution in [1.29, 1.82) is 0 Å². The molecule has 1 aromatic rings. The smallest absolute Gasteiger partial charge is 0.261 e. The zero-order valence-electron chi connectivity index (χ0n) is 11.6. The zero-order chi connectivity index (χ0) is 13.9. The summed E-state index contributed by atoms with van der Waals surface area (Å²) in [6.07, 6.45) is 6.15. The molecular formula is C15H21N3O2. The van der Waals surface area contributed by atoms with E-state index in [9.17, 15) is 9.59 Å². The molecule has 1 amide bonds. The van der Waals surface area contributed by atoms with Gasteiger partial charge in [-0.2, -0.15) is 0 Å². The van der Waals surface area contributed by atoms with Crippen LogP contribution in [-0.2, 0) is 12.8 Å². The van der Waals surface area contributed by atoms with E-state index >= 15 is 0 Å². The molecule has 1 aliphatic carbocycles. The highest BCUT2D eigenvalue weighted by Crippen LogP contribution is 2.18. The Morgan fingerprint density at radius 1 is 1.25 bits per heavy atom. The van der Waals surface area contributed by atoms with Gasteiger partial charge in [-0.25, -0.2) is 0 Å². The van der Waals surface area contributed by atoms with Crippen molar-refractivity contribution < 1.29 is 4.79 Å². The van der Waals surface area contributed by atoms with Crippen molar-refractivity contribution in [2.75, 3.05) is 13.1 Å². The Labute approximate surface area is 118 Å². The molecule has 3 N–H and O–H groups in total. The second-order valence-electron chi connectivity index (χ2n) is 5.74. The summed E-state index contributed by atoms with van der Waals surface area (Å²) in [4.78, 5) is 27.2. The summed E-state index contributed by atoms with van der Waals surface area (Å²) in [6.45, 7) is 1.79. The van der Waals surface area contributed by atoms with Gasteiger partial charge >= 0.3 is 0 Å². The summed E-state index contributed by atoms with van der Waals surface area (Å²) in [5.41, 5.74) is 2.14. The van der Waals surface area contributed by atoms with E-state index in [4.69, 9.17) is 0 Å². The molecule has 0 radical (unpaired) electrons. The molecule has 0 saturated carbocycles. The largest absolute Gasteiger partial charge is 0.348 e. The van der Waals surface area contributed by atoms with E-state index < -0.39 is 0 Å². The van der Waals surface area contributed by atoms with Gasteiger partial charge in [-0.1, -0.05) is 0 Å². The predicted molar refractivity (Wildman–Crippen MR) is 77.1 cm³/mol. The molecule has 5 heteroatoms. The number of rotatable bonds is 2. The van der Waals surface area contributed by atoms with Crippen LogP contribution in [0.2, 0.25) is 0 Å². The SMILES string of the molecule is O=C(N[C@H]1CCCNC1)c1cc2c([nH]c1=O)CCCC2. The third-order valence-corrected chi connectivity index (χ3v) is 4.21. The monoisotopic (exact) mass is 275 g/mol. The molecule has 5 nitrogen and oxygen atoms in total. The van der Waals surface area contributed by atoms with Crippen LogP contribution < -0.4 is 16.2 Å². The van der Waals surface area contributed by atoms with Crippen LogP contribution in [0.5, 0.6) is 0 Å². The van der Waals surface area contributed by atoms with Crippen LogP contribution >= 0.6 is 0 Å². The van der Waals surface area contributed by atoms with Crippen molar-refractivity contribution in [2.45, 2.75) is 44.6 Å². The molecule has 0 spiro atoms. The summed E-state index contributed by atoms with van der Waals surface area (Å²) in [7, 11) is 0. The average Bonchev–Trinajstić information content (AvgIpc) is 2.47. The van der Waals surface area contributed by atoms with Crippen LogP contribution in [0.25, 0.3) is 0 Å². The topological polar surface area (TPSA) is 74.0 Å². The number of fused-ring (bicyclic) bond motifs is 1. The summed E-state index contributed by atoms with van der Waals surface area (Å²) < 4.78 is 0. The van der Waals surface area contributed by atoms with E-state index in [1.165, 1.54) is 0 Å². The van der Waals surface area contributed by atoms with E-state index in [1.807, 2.05) is 0 Å². The Bertz CT molecular complexity index is 559. The minimum absolute atomic E-state index is 0.131. The molecule has 1 fully saturated rings. The molecule has 1 aliphatic heterocycles. The normalized spacial score (nSPS) is 22.1. The van der Waals surface area contributed by atoms with E-state index in [0.29, 0.717) is 0 Å². The van der Waals surface area contributed by atoms with Gasteiger partial charge in [0.1, 0.15) is 5.56 Å². The highest BCUT2D eigenvalue weighted by molar-refractivity contribution is 5.94. The van der Waals surface area contributed by atoms with Gasteiger partial charge in [0.15, 0.2) is 0 Å². The number of aromatic amines is 1. The first-order valence-electron chi connectivity index (χ1n) is 7.50. The lowest BCUT2D eigenvalue weighted by atomic mass is 9.95. The van der Waals surface area contributed by atoms with Crippen molar-refractivity contribution >= 4 is 5.91 Å². The molecule has 1 saturated heterocycles. The van der Waals surface area contributed by atoms with Crippen LogP contribution in [0.4, 0.5) is 0 Å². The molecular weight excluding hydrogens is 254 g/mol. The first-order chi connectivity index (χ1) is 9.74. The molecule has 3 rings (SSSR count). The third kappa shape index (κ3) is 2.77. The van der Waals surface area contributed by atoms with Gasteiger partial charge in [-0.05, 0) is 56.7 Å². The third-order valence-electron chi connectivity index (χ3n) is 4.21. The van der Waals surface area contributed by atoms with Crippen molar-refractivity contribution in [3.63, 3.8) is 0 Å². The molecule has 0 aromatic carbocycles. The summed E-state index contributed by atoms with van der Waals surface area (Å²) in [5.74, 6) is -0.242.